The van der Waals surface area contributed by atoms with E-state index in [9.17, 15) is 0 Å². The summed E-state index contributed by atoms with van der Waals surface area (Å²) in [7, 11) is 1.59. The Kier molecular flexibility index (Phi) is 3.53. The van der Waals surface area contributed by atoms with Gasteiger partial charge in [0.05, 0.1) is 19.2 Å². The number of hydrogen-bond donors (Lipinski definition) is 0. The van der Waals surface area contributed by atoms with Gasteiger partial charge in [0.1, 0.15) is 11.2 Å². The Morgan fingerprint density at radius 3 is 2.44 bits per heavy atom. The van der Waals surface area contributed by atoms with Crippen LogP contribution in [0.1, 0.15) is 18.1 Å². The number of ether oxygens (including phenoxy) is 1. The zero-order valence-electron chi connectivity index (χ0n) is 9.74. The van der Waals surface area contributed by atoms with Gasteiger partial charge in [0.15, 0.2) is 0 Å². The summed E-state index contributed by atoms with van der Waals surface area (Å²) < 4.78 is 5.22. The summed E-state index contributed by atoms with van der Waals surface area (Å²) in [5.74, 6) is 0.724. The van der Waals surface area contributed by atoms with Gasteiger partial charge in [0, 0.05) is 6.42 Å². The van der Waals surface area contributed by atoms with E-state index in [1.54, 1.807) is 14.0 Å². The second-order valence-corrected chi connectivity index (χ2v) is 4.05. The maximum atomic E-state index is 8.97. The molecule has 82 valence electrons. The first-order valence-electron chi connectivity index (χ1n) is 5.00. The zero-order valence-corrected chi connectivity index (χ0v) is 9.74. The predicted octanol–water partition coefficient (Wildman–Crippen LogP) is 2.60. The van der Waals surface area contributed by atoms with E-state index in [1.165, 1.54) is 0 Å². The van der Waals surface area contributed by atoms with Gasteiger partial charge in [-0.25, -0.2) is 0 Å². The van der Waals surface area contributed by atoms with Gasteiger partial charge in [-0.2, -0.15) is 10.5 Å². The van der Waals surface area contributed by atoms with Crippen LogP contribution in [-0.2, 0) is 6.42 Å². The number of aryl methyl sites for hydroxylation is 1. The van der Waals surface area contributed by atoms with E-state index in [-0.39, 0.29) is 0 Å². The van der Waals surface area contributed by atoms with Gasteiger partial charge in [0.25, 0.3) is 0 Å². The maximum absolute atomic E-state index is 8.97. The van der Waals surface area contributed by atoms with Crippen molar-refractivity contribution in [1.82, 2.24) is 0 Å². The topological polar surface area (TPSA) is 56.8 Å². The number of rotatable bonds is 3. The van der Waals surface area contributed by atoms with Crippen molar-refractivity contribution >= 4 is 0 Å². The lowest BCUT2D eigenvalue weighted by Crippen LogP contribution is -2.15. The van der Waals surface area contributed by atoms with E-state index in [0.29, 0.717) is 6.42 Å². The summed E-state index contributed by atoms with van der Waals surface area (Å²) in [4.78, 5) is 0. The van der Waals surface area contributed by atoms with Crippen LogP contribution in [0.25, 0.3) is 0 Å². The fourth-order valence-electron chi connectivity index (χ4n) is 1.53. The molecule has 0 aromatic heterocycles. The van der Waals surface area contributed by atoms with Crippen LogP contribution in [0.5, 0.6) is 5.75 Å². The average molecular weight is 214 g/mol. The molecule has 0 heterocycles. The normalized spacial score (nSPS) is 10.3. The van der Waals surface area contributed by atoms with E-state index < -0.39 is 5.41 Å². The lowest BCUT2D eigenvalue weighted by Gasteiger charge is -2.15. The molecule has 1 aromatic rings. The van der Waals surface area contributed by atoms with Crippen molar-refractivity contribution in [2.24, 2.45) is 5.41 Å². The molecule has 0 saturated carbocycles. The third-order valence-corrected chi connectivity index (χ3v) is 2.47. The summed E-state index contributed by atoms with van der Waals surface area (Å²) in [6.07, 6.45) is 0.380. The lowest BCUT2D eigenvalue weighted by atomic mass is 9.86. The van der Waals surface area contributed by atoms with Gasteiger partial charge < -0.3 is 4.74 Å². The van der Waals surface area contributed by atoms with E-state index in [2.05, 4.69) is 0 Å². The number of methoxy groups -OCH3 is 1. The largest absolute Gasteiger partial charge is 0.496 e. The molecule has 0 radical (unpaired) electrons. The molecule has 0 aliphatic rings. The Morgan fingerprint density at radius 2 is 1.94 bits per heavy atom. The lowest BCUT2D eigenvalue weighted by molar-refractivity contribution is 0.404. The molecule has 0 bridgehead atoms. The fraction of sp³-hybridized carbons (Fsp3) is 0.385. The van der Waals surface area contributed by atoms with Gasteiger partial charge in [-0.15, -0.1) is 0 Å². The third kappa shape index (κ3) is 2.52. The van der Waals surface area contributed by atoms with Crippen molar-refractivity contribution in [3.63, 3.8) is 0 Å². The van der Waals surface area contributed by atoms with Gasteiger partial charge in [-0.1, -0.05) is 17.7 Å². The Morgan fingerprint density at radius 1 is 1.31 bits per heavy atom. The molecule has 0 saturated heterocycles. The van der Waals surface area contributed by atoms with Crippen LogP contribution in [0.2, 0.25) is 0 Å². The quantitative estimate of drug-likeness (QED) is 0.777. The number of nitriles is 2. The van der Waals surface area contributed by atoms with Crippen LogP contribution in [0.15, 0.2) is 18.2 Å². The van der Waals surface area contributed by atoms with Gasteiger partial charge in [-0.05, 0) is 25.5 Å². The van der Waals surface area contributed by atoms with Crippen LogP contribution in [0.4, 0.5) is 0 Å². The summed E-state index contributed by atoms with van der Waals surface area (Å²) in [6, 6.07) is 9.82. The molecule has 1 rings (SSSR count). The van der Waals surface area contributed by atoms with E-state index in [1.807, 2.05) is 37.3 Å². The van der Waals surface area contributed by atoms with Gasteiger partial charge >= 0.3 is 0 Å². The molecule has 0 N–H and O–H groups in total. The molecule has 1 aromatic carbocycles. The highest BCUT2D eigenvalue weighted by Gasteiger charge is 2.25. The summed E-state index contributed by atoms with van der Waals surface area (Å²) >= 11 is 0. The molecule has 0 amide bonds. The molecule has 0 aliphatic carbocycles. The van der Waals surface area contributed by atoms with Crippen molar-refractivity contribution in [1.29, 1.82) is 10.5 Å². The molecule has 0 spiro atoms. The zero-order chi connectivity index (χ0) is 12.2. The summed E-state index contributed by atoms with van der Waals surface area (Å²) in [5.41, 5.74) is 0.989. The van der Waals surface area contributed by atoms with Crippen molar-refractivity contribution < 1.29 is 4.74 Å². The minimum atomic E-state index is -0.999. The van der Waals surface area contributed by atoms with Crippen LogP contribution in [-0.4, -0.2) is 7.11 Å². The van der Waals surface area contributed by atoms with Crippen LogP contribution >= 0.6 is 0 Å². The molecule has 0 atom stereocenters. The minimum Gasteiger partial charge on any atom is -0.496 e. The third-order valence-electron chi connectivity index (χ3n) is 2.47. The smallest absolute Gasteiger partial charge is 0.145 e. The summed E-state index contributed by atoms with van der Waals surface area (Å²) in [6.45, 7) is 3.60. The Hall–Kier alpha value is -2.00. The Labute approximate surface area is 95.9 Å². The second kappa shape index (κ2) is 4.68. The van der Waals surface area contributed by atoms with Gasteiger partial charge in [-0.3, -0.25) is 0 Å². The van der Waals surface area contributed by atoms with Crippen molar-refractivity contribution in [3.05, 3.63) is 29.3 Å². The predicted molar refractivity (Wildman–Crippen MR) is 60.8 cm³/mol. The standard InChI is InChI=1S/C13H14N2O/c1-10-4-5-12(16-3)11(6-10)7-13(2,8-14)9-15/h4-6H,7H2,1-3H3. The SMILES string of the molecule is COc1ccc(C)cc1CC(C)(C#N)C#N. The van der Waals surface area contributed by atoms with Crippen molar-refractivity contribution in [2.45, 2.75) is 20.3 Å². The number of hydrogen-bond acceptors (Lipinski definition) is 3. The number of benzene rings is 1. The Balaban J connectivity index is 3.11. The highest BCUT2D eigenvalue weighted by Crippen LogP contribution is 2.27. The number of nitrogens with zero attached hydrogens (tertiary/aromatic N) is 2. The molecule has 0 fully saturated rings. The van der Waals surface area contributed by atoms with Gasteiger partial charge in [0.2, 0.25) is 0 Å². The first kappa shape index (κ1) is 12.1. The highest BCUT2D eigenvalue weighted by molar-refractivity contribution is 5.39. The van der Waals surface area contributed by atoms with E-state index >= 15 is 0 Å². The minimum absolute atomic E-state index is 0.380. The summed E-state index contributed by atoms with van der Waals surface area (Å²) in [5, 5.41) is 17.9. The fourth-order valence-corrected chi connectivity index (χ4v) is 1.53. The van der Waals surface area contributed by atoms with E-state index in [4.69, 9.17) is 15.3 Å². The molecule has 3 nitrogen and oxygen atoms in total. The van der Waals surface area contributed by atoms with Crippen LogP contribution < -0.4 is 4.74 Å². The molecular weight excluding hydrogens is 200 g/mol. The first-order chi connectivity index (χ1) is 7.54. The monoisotopic (exact) mass is 214 g/mol. The molecule has 0 unspecified atom stereocenters. The molecule has 16 heavy (non-hydrogen) atoms. The van der Waals surface area contributed by atoms with Crippen molar-refractivity contribution in [3.8, 4) is 17.9 Å². The van der Waals surface area contributed by atoms with Crippen molar-refractivity contribution in [2.75, 3.05) is 7.11 Å². The van der Waals surface area contributed by atoms with E-state index in [0.717, 1.165) is 16.9 Å². The van der Waals surface area contributed by atoms with Crippen LogP contribution in [0, 0.1) is 35.0 Å². The van der Waals surface area contributed by atoms with Crippen LogP contribution in [0.3, 0.4) is 0 Å². The Bertz CT molecular complexity index is 452. The maximum Gasteiger partial charge on any atom is 0.145 e. The second-order valence-electron chi connectivity index (χ2n) is 4.05. The molecule has 0 aliphatic heterocycles. The first-order valence-corrected chi connectivity index (χ1v) is 5.00. The highest BCUT2D eigenvalue weighted by atomic mass is 16.5. The average Bonchev–Trinajstić information content (AvgIpc) is 2.29. The molecule has 3 heteroatoms. The molecular formula is C13H14N2O.